The largest absolute Gasteiger partial charge is 0.399 e. The molecule has 5 aromatic rings. The van der Waals surface area contributed by atoms with Crippen molar-refractivity contribution in [2.75, 3.05) is 0 Å². The Balaban J connectivity index is 1.72. The van der Waals surface area contributed by atoms with Crippen molar-refractivity contribution in [2.45, 2.75) is 29.7 Å². The second-order valence-electron chi connectivity index (χ2n) is 10.5. The van der Waals surface area contributed by atoms with Gasteiger partial charge in [-0.25, -0.2) is 4.68 Å². The van der Waals surface area contributed by atoms with E-state index >= 15 is 0 Å². The molecule has 17 heteroatoms. The molecule has 5 rings (SSSR count). The summed E-state index contributed by atoms with van der Waals surface area (Å²) in [6.45, 7) is 0. The molecule has 4 aromatic carbocycles. The molecule has 0 aliphatic rings. The molecule has 242 valence electrons. The van der Waals surface area contributed by atoms with Crippen molar-refractivity contribution in [3.05, 3.63) is 129 Å². The van der Waals surface area contributed by atoms with Crippen LogP contribution in [0.4, 0.5) is 17.6 Å². The van der Waals surface area contributed by atoms with E-state index in [0.717, 1.165) is 24.3 Å². The molecule has 0 saturated heterocycles. The number of nitrogens with zero attached hydrogens (tertiary/aromatic N) is 3. The highest BCUT2D eigenvalue weighted by atomic mass is 35.5. The van der Waals surface area contributed by atoms with Crippen LogP contribution < -0.4 is 0 Å². The molecule has 0 amide bonds. The topological polar surface area (TPSA) is 146 Å². The molecule has 0 fully saturated rings. The fourth-order valence-corrected chi connectivity index (χ4v) is 7.08. The van der Waals surface area contributed by atoms with Crippen LogP contribution in [-0.4, -0.2) is 34.6 Å². The molecule has 0 aliphatic carbocycles. The second-order valence-corrected chi connectivity index (χ2v) is 14.7. The zero-order valence-corrected chi connectivity index (χ0v) is 26.5. The monoisotopic (exact) mass is 717 g/mol. The first-order valence-electron chi connectivity index (χ1n) is 13.2. The van der Waals surface area contributed by atoms with Crippen molar-refractivity contribution in [3.8, 4) is 0 Å². The van der Waals surface area contributed by atoms with Crippen molar-refractivity contribution < 1.29 is 46.3 Å². The van der Waals surface area contributed by atoms with Gasteiger partial charge in [0.25, 0.3) is 0 Å². The van der Waals surface area contributed by atoms with Crippen molar-refractivity contribution in [1.29, 1.82) is 0 Å². The van der Waals surface area contributed by atoms with E-state index < -0.39 is 53.2 Å². The predicted octanol–water partition coefficient (Wildman–Crippen LogP) is 7.42. The highest BCUT2D eigenvalue weighted by molar-refractivity contribution is 7.53. The van der Waals surface area contributed by atoms with E-state index in [1.54, 1.807) is 59.3 Å². The molecule has 9 nitrogen and oxygen atoms in total. The Labute approximate surface area is 268 Å². The van der Waals surface area contributed by atoms with E-state index in [-0.39, 0.29) is 12.8 Å². The lowest BCUT2D eigenvalue weighted by molar-refractivity contribution is 0.0565. The molecular formula is C29H23Cl2F4N3O6P2. The Morgan fingerprint density at radius 2 is 1.13 bits per heavy atom. The number of fused-ring (bicyclic) bond motifs is 1. The zero-order valence-electron chi connectivity index (χ0n) is 23.2. The number of aromatic nitrogens is 3. The Bertz CT molecular complexity index is 1940. The van der Waals surface area contributed by atoms with Gasteiger partial charge < -0.3 is 19.6 Å². The summed E-state index contributed by atoms with van der Waals surface area (Å²) in [7, 11) is -11.8. The summed E-state index contributed by atoms with van der Waals surface area (Å²) in [4.78, 5) is 36.9. The lowest BCUT2D eigenvalue weighted by Gasteiger charge is -2.36. The van der Waals surface area contributed by atoms with Crippen LogP contribution in [0.25, 0.3) is 11.0 Å². The molecule has 1 heterocycles. The van der Waals surface area contributed by atoms with Crippen LogP contribution in [0.1, 0.15) is 27.8 Å². The molecule has 0 saturated carbocycles. The van der Waals surface area contributed by atoms with Gasteiger partial charge in [0.2, 0.25) is 0 Å². The highest BCUT2D eigenvalue weighted by Crippen LogP contribution is 2.61. The number of rotatable bonds is 10. The third-order valence-electron chi connectivity index (χ3n) is 7.51. The number of hydrogen-bond acceptors (Lipinski definition) is 4. The molecule has 46 heavy (non-hydrogen) atoms. The van der Waals surface area contributed by atoms with E-state index in [4.69, 9.17) is 23.2 Å². The van der Waals surface area contributed by atoms with Crippen LogP contribution in [-0.2, 0) is 38.8 Å². The Kier molecular flexibility index (Phi) is 9.04. The van der Waals surface area contributed by atoms with Gasteiger partial charge in [0.15, 0.2) is 0 Å². The fraction of sp³-hybridized carbons (Fsp3) is 0.172. The van der Waals surface area contributed by atoms with Crippen molar-refractivity contribution >= 4 is 49.4 Å². The van der Waals surface area contributed by atoms with E-state index in [2.05, 4.69) is 10.3 Å². The molecule has 0 unspecified atom stereocenters. The number of benzene rings is 4. The van der Waals surface area contributed by atoms with Crippen molar-refractivity contribution in [1.82, 2.24) is 15.0 Å². The van der Waals surface area contributed by atoms with E-state index in [1.807, 2.05) is 0 Å². The van der Waals surface area contributed by atoms with Gasteiger partial charge in [-0.15, -0.1) is 5.10 Å². The quantitative estimate of drug-likeness (QED) is 0.0863. The normalized spacial score (nSPS) is 13.3. The standard InChI is InChI=1S/C29H23Cl2F4N3O6P2/c30-23-14-18(10-12-21(23)28(32,33)45(39,40)41)16-27(20-6-2-1-3-7-20,38-26-9-5-4-8-25(26)36-37-38)17-19-11-13-22(24(31)15-19)29(34,35)46(42,43)44/h1-15H,16-17H2,(H2,39,40,41)(H2,42,43,44). The maximum absolute atomic E-state index is 14.6. The summed E-state index contributed by atoms with van der Waals surface area (Å²) >= 11 is 12.4. The molecule has 4 N–H and O–H groups in total. The second kappa shape index (κ2) is 12.2. The molecule has 1 aromatic heterocycles. The van der Waals surface area contributed by atoms with Gasteiger partial charge >= 0.3 is 26.5 Å². The van der Waals surface area contributed by atoms with Gasteiger partial charge in [-0.3, -0.25) is 9.13 Å². The first-order valence-corrected chi connectivity index (χ1v) is 17.2. The Morgan fingerprint density at radius 3 is 1.59 bits per heavy atom. The average Bonchev–Trinajstić information content (AvgIpc) is 3.41. The molecule has 0 spiro atoms. The van der Waals surface area contributed by atoms with Crippen LogP contribution >= 0.6 is 38.4 Å². The summed E-state index contributed by atoms with van der Waals surface area (Å²) in [5.74, 6) is 0. The van der Waals surface area contributed by atoms with Gasteiger partial charge in [0, 0.05) is 12.8 Å². The van der Waals surface area contributed by atoms with E-state index in [9.17, 15) is 46.3 Å². The first kappa shape index (κ1) is 34.2. The molecular weight excluding hydrogens is 695 g/mol. The summed E-state index contributed by atoms with van der Waals surface area (Å²) in [5.41, 5.74) is -10.3. The third kappa shape index (κ3) is 6.14. The molecule has 0 radical (unpaired) electrons. The number of hydrogen-bond donors (Lipinski definition) is 4. The minimum atomic E-state index is -5.92. The summed E-state index contributed by atoms with van der Waals surface area (Å²) in [6, 6.07) is 22.1. The SMILES string of the molecule is O=P(O)(O)C(F)(F)c1ccc(CC(Cc2ccc(C(F)(F)P(=O)(O)O)c(Cl)c2)(c2ccccc2)n2nnc3ccccc32)cc1Cl. The third-order valence-corrected chi connectivity index (χ3v) is 10.1. The van der Waals surface area contributed by atoms with Crippen molar-refractivity contribution in [3.63, 3.8) is 0 Å². The smallest absolute Gasteiger partial charge is 0.320 e. The van der Waals surface area contributed by atoms with E-state index in [0.29, 0.717) is 27.7 Å². The predicted molar refractivity (Wildman–Crippen MR) is 163 cm³/mol. The lowest BCUT2D eigenvalue weighted by atomic mass is 9.78. The number of para-hydroxylation sites is 1. The van der Waals surface area contributed by atoms with Crippen LogP contribution in [0.5, 0.6) is 0 Å². The van der Waals surface area contributed by atoms with Gasteiger partial charge in [-0.2, -0.15) is 17.6 Å². The zero-order chi connectivity index (χ0) is 33.7. The van der Waals surface area contributed by atoms with Crippen LogP contribution in [0, 0.1) is 0 Å². The maximum atomic E-state index is 14.6. The van der Waals surface area contributed by atoms with Gasteiger partial charge in [-0.05, 0) is 41.0 Å². The van der Waals surface area contributed by atoms with Crippen LogP contribution in [0.15, 0.2) is 91.0 Å². The number of alkyl halides is 4. The van der Waals surface area contributed by atoms with Gasteiger partial charge in [0.05, 0.1) is 32.2 Å². The Hall–Kier alpha value is -3.12. The summed E-state index contributed by atoms with van der Waals surface area (Å²) < 4.78 is 83.0. The molecule has 0 aliphatic heterocycles. The van der Waals surface area contributed by atoms with Gasteiger partial charge in [-0.1, -0.05) is 95.1 Å². The maximum Gasteiger partial charge on any atom is 0.399 e. The minimum absolute atomic E-state index is 0.0517. The lowest BCUT2D eigenvalue weighted by Crippen LogP contribution is -2.40. The average molecular weight is 718 g/mol. The molecule has 0 atom stereocenters. The summed E-state index contributed by atoms with van der Waals surface area (Å²) in [6.07, 6.45) is -0.103. The minimum Gasteiger partial charge on any atom is -0.320 e. The van der Waals surface area contributed by atoms with E-state index in [1.165, 1.54) is 12.1 Å². The summed E-state index contributed by atoms with van der Waals surface area (Å²) in [5, 5.41) is 7.46. The van der Waals surface area contributed by atoms with Crippen LogP contribution in [0.3, 0.4) is 0 Å². The Morgan fingerprint density at radius 1 is 0.674 bits per heavy atom. The molecule has 0 bridgehead atoms. The van der Waals surface area contributed by atoms with Gasteiger partial charge in [0.1, 0.15) is 5.52 Å². The van der Waals surface area contributed by atoms with Crippen LogP contribution in [0.2, 0.25) is 10.0 Å². The fourth-order valence-electron chi connectivity index (χ4n) is 5.29. The highest BCUT2D eigenvalue weighted by Gasteiger charge is 2.52. The number of halogens is 6. The first-order chi connectivity index (χ1) is 21.4. The van der Waals surface area contributed by atoms with Crippen molar-refractivity contribution in [2.24, 2.45) is 0 Å².